The Morgan fingerprint density at radius 2 is 2.07 bits per heavy atom. The van der Waals surface area contributed by atoms with Crippen LogP contribution in [0.1, 0.15) is 37.0 Å². The van der Waals surface area contributed by atoms with E-state index in [1.807, 2.05) is 6.92 Å². The van der Waals surface area contributed by atoms with Gasteiger partial charge in [-0.2, -0.15) is 0 Å². The van der Waals surface area contributed by atoms with Crippen LogP contribution in [0.4, 0.5) is 0 Å². The lowest BCUT2D eigenvalue weighted by Gasteiger charge is -2.01. The number of ketones is 1. The van der Waals surface area contributed by atoms with Gasteiger partial charge in [0.05, 0.1) is 0 Å². The SMILES string of the molecule is CCC(=O)C1=C(C)c2ccc(C)cc2C1. The van der Waals surface area contributed by atoms with Gasteiger partial charge < -0.3 is 0 Å². The van der Waals surface area contributed by atoms with Crippen molar-refractivity contribution in [2.75, 3.05) is 0 Å². The first-order valence-corrected chi connectivity index (χ1v) is 5.46. The molecule has 0 spiro atoms. The minimum absolute atomic E-state index is 0.293. The number of benzene rings is 1. The topological polar surface area (TPSA) is 17.1 Å². The van der Waals surface area contributed by atoms with Crippen LogP contribution in [-0.2, 0) is 11.2 Å². The number of Topliss-reactive ketones (excluding diaryl/α,β-unsaturated/α-hetero) is 1. The van der Waals surface area contributed by atoms with Gasteiger partial charge in [0.2, 0.25) is 0 Å². The molecule has 0 atom stereocenters. The first-order chi connectivity index (χ1) is 7.13. The summed E-state index contributed by atoms with van der Waals surface area (Å²) in [7, 11) is 0. The molecule has 1 aromatic carbocycles. The largest absolute Gasteiger partial charge is 0.295 e. The van der Waals surface area contributed by atoms with Crippen molar-refractivity contribution in [1.29, 1.82) is 0 Å². The van der Waals surface area contributed by atoms with E-state index in [1.165, 1.54) is 22.3 Å². The molecule has 0 saturated heterocycles. The van der Waals surface area contributed by atoms with Crippen molar-refractivity contribution in [1.82, 2.24) is 0 Å². The van der Waals surface area contributed by atoms with E-state index in [4.69, 9.17) is 0 Å². The Hall–Kier alpha value is -1.37. The number of carbonyl (C=O) groups is 1. The van der Waals surface area contributed by atoms with Gasteiger partial charge in [-0.15, -0.1) is 0 Å². The molecule has 0 unspecified atom stereocenters. The predicted octanol–water partition coefficient (Wildman–Crippen LogP) is 3.30. The molecule has 0 saturated carbocycles. The van der Waals surface area contributed by atoms with E-state index in [1.54, 1.807) is 0 Å². The highest BCUT2D eigenvalue weighted by Crippen LogP contribution is 2.33. The Morgan fingerprint density at radius 1 is 1.33 bits per heavy atom. The zero-order valence-electron chi connectivity index (χ0n) is 9.55. The van der Waals surface area contributed by atoms with Crippen molar-refractivity contribution in [3.63, 3.8) is 0 Å². The molecule has 78 valence electrons. The quantitative estimate of drug-likeness (QED) is 0.715. The highest BCUT2D eigenvalue weighted by Gasteiger charge is 2.21. The van der Waals surface area contributed by atoms with E-state index in [0.29, 0.717) is 12.2 Å². The number of hydrogen-bond acceptors (Lipinski definition) is 1. The fraction of sp³-hybridized carbons (Fsp3) is 0.357. The summed E-state index contributed by atoms with van der Waals surface area (Å²) in [5.41, 5.74) is 6.03. The Balaban J connectivity index is 2.45. The van der Waals surface area contributed by atoms with Crippen LogP contribution in [0.3, 0.4) is 0 Å². The third-order valence-electron chi connectivity index (χ3n) is 3.14. The van der Waals surface area contributed by atoms with Gasteiger partial charge in [-0.3, -0.25) is 4.79 Å². The number of carbonyl (C=O) groups excluding carboxylic acids is 1. The number of aryl methyl sites for hydroxylation is 1. The summed E-state index contributed by atoms with van der Waals surface area (Å²) in [6.07, 6.45) is 1.44. The van der Waals surface area contributed by atoms with Gasteiger partial charge in [0, 0.05) is 18.4 Å². The summed E-state index contributed by atoms with van der Waals surface area (Å²) < 4.78 is 0. The van der Waals surface area contributed by atoms with E-state index < -0.39 is 0 Å². The monoisotopic (exact) mass is 200 g/mol. The second-order valence-corrected chi connectivity index (χ2v) is 4.22. The number of rotatable bonds is 2. The van der Waals surface area contributed by atoms with Gasteiger partial charge in [0.15, 0.2) is 5.78 Å². The smallest absolute Gasteiger partial charge is 0.159 e. The zero-order valence-corrected chi connectivity index (χ0v) is 9.55. The van der Waals surface area contributed by atoms with Crippen LogP contribution in [0, 0.1) is 6.92 Å². The molecule has 0 aromatic heterocycles. The third-order valence-corrected chi connectivity index (χ3v) is 3.14. The molecular weight excluding hydrogens is 184 g/mol. The van der Waals surface area contributed by atoms with Crippen molar-refractivity contribution < 1.29 is 4.79 Å². The van der Waals surface area contributed by atoms with Crippen LogP contribution in [0.5, 0.6) is 0 Å². The molecule has 0 N–H and O–H groups in total. The molecule has 0 aliphatic heterocycles. The second-order valence-electron chi connectivity index (χ2n) is 4.22. The maximum atomic E-state index is 11.7. The van der Waals surface area contributed by atoms with E-state index in [0.717, 1.165) is 12.0 Å². The summed E-state index contributed by atoms with van der Waals surface area (Å²) in [6.45, 7) is 6.08. The summed E-state index contributed by atoms with van der Waals surface area (Å²) in [6, 6.07) is 6.44. The summed E-state index contributed by atoms with van der Waals surface area (Å²) >= 11 is 0. The molecule has 0 amide bonds. The van der Waals surface area contributed by atoms with Crippen molar-refractivity contribution in [3.05, 3.63) is 40.5 Å². The summed E-state index contributed by atoms with van der Waals surface area (Å²) in [5, 5.41) is 0. The maximum absolute atomic E-state index is 11.7. The third kappa shape index (κ3) is 1.63. The number of fused-ring (bicyclic) bond motifs is 1. The molecule has 0 fully saturated rings. The van der Waals surface area contributed by atoms with Gasteiger partial charge in [0.1, 0.15) is 0 Å². The van der Waals surface area contributed by atoms with Crippen LogP contribution in [-0.4, -0.2) is 5.78 Å². The molecule has 0 bridgehead atoms. The zero-order chi connectivity index (χ0) is 11.0. The highest BCUT2D eigenvalue weighted by molar-refractivity contribution is 6.04. The second kappa shape index (κ2) is 3.65. The van der Waals surface area contributed by atoms with E-state index in [2.05, 4.69) is 32.0 Å². The lowest BCUT2D eigenvalue weighted by Crippen LogP contribution is -2.00. The number of hydrogen-bond donors (Lipinski definition) is 0. The van der Waals surface area contributed by atoms with E-state index in [-0.39, 0.29) is 0 Å². The molecule has 0 radical (unpaired) electrons. The summed E-state index contributed by atoms with van der Waals surface area (Å²) in [5.74, 6) is 0.293. The van der Waals surface area contributed by atoms with Crippen LogP contribution in [0.2, 0.25) is 0 Å². The summed E-state index contributed by atoms with van der Waals surface area (Å²) in [4.78, 5) is 11.7. The molecule has 1 aliphatic carbocycles. The molecule has 15 heavy (non-hydrogen) atoms. The van der Waals surface area contributed by atoms with Gasteiger partial charge in [-0.05, 0) is 30.5 Å². The molecule has 0 heterocycles. The minimum Gasteiger partial charge on any atom is -0.295 e. The van der Waals surface area contributed by atoms with Crippen molar-refractivity contribution in [2.45, 2.75) is 33.6 Å². The van der Waals surface area contributed by atoms with Crippen LogP contribution in [0.15, 0.2) is 23.8 Å². The molecule has 1 nitrogen and oxygen atoms in total. The molecule has 1 aliphatic rings. The van der Waals surface area contributed by atoms with Crippen LogP contribution in [0.25, 0.3) is 5.57 Å². The maximum Gasteiger partial charge on any atom is 0.159 e. The van der Waals surface area contributed by atoms with Gasteiger partial charge in [-0.1, -0.05) is 30.7 Å². The lowest BCUT2D eigenvalue weighted by molar-refractivity contribution is -0.115. The Morgan fingerprint density at radius 3 is 2.73 bits per heavy atom. The Bertz CT molecular complexity index is 452. The normalized spacial score (nSPS) is 14.3. The lowest BCUT2D eigenvalue weighted by atomic mass is 10.0. The first kappa shape index (κ1) is 10.2. The Labute approximate surface area is 90.8 Å². The van der Waals surface area contributed by atoms with E-state index in [9.17, 15) is 4.79 Å². The van der Waals surface area contributed by atoms with Gasteiger partial charge in [-0.25, -0.2) is 0 Å². The molecular formula is C14H16O. The first-order valence-electron chi connectivity index (χ1n) is 5.46. The minimum atomic E-state index is 0.293. The fourth-order valence-corrected chi connectivity index (χ4v) is 2.24. The van der Waals surface area contributed by atoms with Crippen molar-refractivity contribution in [3.8, 4) is 0 Å². The van der Waals surface area contributed by atoms with Crippen molar-refractivity contribution >= 4 is 11.4 Å². The average Bonchev–Trinajstić information content (AvgIpc) is 2.54. The Kier molecular flexibility index (Phi) is 2.47. The van der Waals surface area contributed by atoms with Crippen LogP contribution < -0.4 is 0 Å². The van der Waals surface area contributed by atoms with Crippen LogP contribution >= 0.6 is 0 Å². The average molecular weight is 200 g/mol. The predicted molar refractivity (Wildman–Crippen MR) is 62.8 cm³/mol. The van der Waals surface area contributed by atoms with Gasteiger partial charge in [0.25, 0.3) is 0 Å². The molecule has 1 heteroatoms. The highest BCUT2D eigenvalue weighted by atomic mass is 16.1. The van der Waals surface area contributed by atoms with Gasteiger partial charge >= 0.3 is 0 Å². The number of allylic oxidation sites excluding steroid dienone is 2. The fourth-order valence-electron chi connectivity index (χ4n) is 2.24. The van der Waals surface area contributed by atoms with E-state index >= 15 is 0 Å². The molecule has 2 rings (SSSR count). The van der Waals surface area contributed by atoms with Crippen molar-refractivity contribution in [2.24, 2.45) is 0 Å². The standard InChI is InChI=1S/C14H16O/c1-4-14(15)13-8-11-7-9(2)5-6-12(11)10(13)3/h5-7H,4,8H2,1-3H3. The molecule has 1 aromatic rings.